The van der Waals surface area contributed by atoms with Gasteiger partial charge in [0.15, 0.2) is 0 Å². The van der Waals surface area contributed by atoms with Crippen molar-refractivity contribution >= 4 is 5.97 Å². The molecule has 0 amide bonds. The lowest BCUT2D eigenvalue weighted by molar-refractivity contribution is -0.131. The monoisotopic (exact) mass is 237 g/mol. The van der Waals surface area contributed by atoms with Crippen LogP contribution in [0.25, 0.3) is 0 Å². The fourth-order valence-electron chi connectivity index (χ4n) is 1.46. The van der Waals surface area contributed by atoms with E-state index >= 15 is 0 Å². The summed E-state index contributed by atoms with van der Waals surface area (Å²) in [7, 11) is 0. The number of esters is 1. The normalized spacial score (nSPS) is 13.2. The Morgan fingerprint density at radius 3 is 2.35 bits per heavy atom. The molecule has 0 aliphatic carbocycles. The molecule has 1 aromatic rings. The number of hydrogen-bond acceptors (Lipinski definition) is 4. The van der Waals surface area contributed by atoms with Gasteiger partial charge in [0.05, 0.1) is 0 Å². The molecule has 0 aromatic heterocycles. The molecule has 4 heteroatoms. The SMILES string of the molecule is CC(=O)Oc1ccc([C@H](N)C(C)(C)CO)cc1. The third-order valence-electron chi connectivity index (χ3n) is 2.75. The smallest absolute Gasteiger partial charge is 0.308 e. The van der Waals surface area contributed by atoms with Gasteiger partial charge in [-0.15, -0.1) is 0 Å². The second-order valence-electron chi connectivity index (χ2n) is 4.79. The highest BCUT2D eigenvalue weighted by Gasteiger charge is 2.26. The molecule has 94 valence electrons. The Labute approximate surface area is 101 Å². The summed E-state index contributed by atoms with van der Waals surface area (Å²) in [5.74, 6) is 0.146. The van der Waals surface area contributed by atoms with Gasteiger partial charge in [-0.1, -0.05) is 26.0 Å². The summed E-state index contributed by atoms with van der Waals surface area (Å²) in [4.78, 5) is 10.8. The Bertz CT molecular complexity index is 384. The molecule has 17 heavy (non-hydrogen) atoms. The van der Waals surface area contributed by atoms with E-state index in [1.165, 1.54) is 6.92 Å². The van der Waals surface area contributed by atoms with Crippen molar-refractivity contribution in [3.63, 3.8) is 0 Å². The van der Waals surface area contributed by atoms with Crippen molar-refractivity contribution in [2.24, 2.45) is 11.1 Å². The van der Waals surface area contributed by atoms with E-state index in [2.05, 4.69) is 0 Å². The molecule has 0 spiro atoms. The van der Waals surface area contributed by atoms with Crippen LogP contribution in [0.1, 0.15) is 32.4 Å². The predicted octanol–water partition coefficient (Wildman–Crippen LogP) is 1.63. The summed E-state index contributed by atoms with van der Waals surface area (Å²) >= 11 is 0. The zero-order valence-corrected chi connectivity index (χ0v) is 10.4. The zero-order valence-electron chi connectivity index (χ0n) is 10.4. The summed E-state index contributed by atoms with van der Waals surface area (Å²) in [6.45, 7) is 5.17. The Morgan fingerprint density at radius 1 is 1.41 bits per heavy atom. The molecule has 3 N–H and O–H groups in total. The van der Waals surface area contributed by atoms with E-state index in [9.17, 15) is 9.90 Å². The van der Waals surface area contributed by atoms with Crippen molar-refractivity contribution < 1.29 is 14.6 Å². The molecule has 1 rings (SSSR count). The van der Waals surface area contributed by atoms with E-state index in [4.69, 9.17) is 10.5 Å². The lowest BCUT2D eigenvalue weighted by Crippen LogP contribution is -2.32. The van der Waals surface area contributed by atoms with Crippen LogP contribution in [0.15, 0.2) is 24.3 Å². The number of carbonyl (C=O) groups is 1. The lowest BCUT2D eigenvalue weighted by Gasteiger charge is -2.29. The van der Waals surface area contributed by atoms with E-state index in [1.807, 2.05) is 13.8 Å². The molecule has 0 radical (unpaired) electrons. The molecule has 1 aromatic carbocycles. The van der Waals surface area contributed by atoms with Crippen LogP contribution < -0.4 is 10.5 Å². The highest BCUT2D eigenvalue weighted by Crippen LogP contribution is 2.31. The van der Waals surface area contributed by atoms with Crippen molar-refractivity contribution in [2.75, 3.05) is 6.61 Å². The Balaban J connectivity index is 2.84. The van der Waals surface area contributed by atoms with E-state index in [0.29, 0.717) is 5.75 Å². The maximum atomic E-state index is 10.8. The molecule has 0 aliphatic rings. The fraction of sp³-hybridized carbons (Fsp3) is 0.462. The van der Waals surface area contributed by atoms with Gasteiger partial charge >= 0.3 is 5.97 Å². The molecule has 0 saturated heterocycles. The molecule has 0 aliphatic heterocycles. The van der Waals surface area contributed by atoms with Gasteiger partial charge in [0, 0.05) is 25.0 Å². The van der Waals surface area contributed by atoms with Crippen LogP contribution in [0.5, 0.6) is 5.75 Å². The van der Waals surface area contributed by atoms with Crippen molar-refractivity contribution in [1.29, 1.82) is 0 Å². The quantitative estimate of drug-likeness (QED) is 0.616. The summed E-state index contributed by atoms with van der Waals surface area (Å²) in [6.07, 6.45) is 0. The van der Waals surface area contributed by atoms with E-state index in [1.54, 1.807) is 24.3 Å². The van der Waals surface area contributed by atoms with Crippen molar-refractivity contribution in [2.45, 2.75) is 26.8 Å². The number of rotatable bonds is 4. The number of nitrogens with two attached hydrogens (primary N) is 1. The van der Waals surface area contributed by atoms with Gasteiger partial charge < -0.3 is 15.6 Å². The maximum absolute atomic E-state index is 10.8. The van der Waals surface area contributed by atoms with E-state index < -0.39 is 0 Å². The molecular formula is C13H19NO3. The highest BCUT2D eigenvalue weighted by molar-refractivity contribution is 5.69. The Hall–Kier alpha value is -1.39. The van der Waals surface area contributed by atoms with Gasteiger partial charge in [-0.3, -0.25) is 4.79 Å². The lowest BCUT2D eigenvalue weighted by atomic mass is 9.82. The van der Waals surface area contributed by atoms with Crippen LogP contribution >= 0.6 is 0 Å². The Morgan fingerprint density at radius 2 is 1.94 bits per heavy atom. The minimum Gasteiger partial charge on any atom is -0.427 e. The minimum absolute atomic E-state index is 0.0138. The summed E-state index contributed by atoms with van der Waals surface area (Å²) in [5, 5.41) is 9.25. The number of aliphatic hydroxyl groups excluding tert-OH is 1. The third-order valence-corrected chi connectivity index (χ3v) is 2.75. The third kappa shape index (κ3) is 3.54. The Kier molecular flexibility index (Phi) is 4.26. The van der Waals surface area contributed by atoms with Crippen LogP contribution in [-0.4, -0.2) is 17.7 Å². The fourth-order valence-corrected chi connectivity index (χ4v) is 1.46. The largest absolute Gasteiger partial charge is 0.427 e. The van der Waals surface area contributed by atoms with Crippen molar-refractivity contribution in [1.82, 2.24) is 0 Å². The number of ether oxygens (including phenoxy) is 1. The van der Waals surface area contributed by atoms with Crippen LogP contribution in [-0.2, 0) is 4.79 Å². The first-order valence-corrected chi connectivity index (χ1v) is 5.51. The summed E-state index contributed by atoms with van der Waals surface area (Å²) in [6, 6.07) is 6.74. The molecule has 1 atom stereocenters. The molecule has 0 bridgehead atoms. The molecular weight excluding hydrogens is 218 g/mol. The first kappa shape index (κ1) is 13.7. The minimum atomic E-state index is -0.386. The average Bonchev–Trinajstić information content (AvgIpc) is 2.28. The van der Waals surface area contributed by atoms with Crippen molar-refractivity contribution in [3.05, 3.63) is 29.8 Å². The number of aliphatic hydroxyl groups is 1. The van der Waals surface area contributed by atoms with Crippen molar-refractivity contribution in [3.8, 4) is 5.75 Å². The topological polar surface area (TPSA) is 72.5 Å². The molecule has 0 saturated carbocycles. The summed E-state index contributed by atoms with van der Waals surface area (Å²) < 4.78 is 4.93. The second kappa shape index (κ2) is 5.29. The van der Waals surface area contributed by atoms with Crippen LogP contribution in [0.4, 0.5) is 0 Å². The second-order valence-corrected chi connectivity index (χ2v) is 4.79. The van der Waals surface area contributed by atoms with Crippen LogP contribution in [0, 0.1) is 5.41 Å². The van der Waals surface area contributed by atoms with Gasteiger partial charge in [0.1, 0.15) is 5.75 Å². The first-order chi connectivity index (χ1) is 7.86. The standard InChI is InChI=1S/C13H19NO3/c1-9(16)17-11-6-4-10(5-7-11)12(14)13(2,3)8-15/h4-7,12,15H,8,14H2,1-3H3/t12-/m0/s1. The van der Waals surface area contributed by atoms with Gasteiger partial charge in [-0.2, -0.15) is 0 Å². The summed E-state index contributed by atoms with van der Waals surface area (Å²) in [5.41, 5.74) is 6.58. The molecule has 0 fully saturated rings. The van der Waals surface area contributed by atoms with Crippen LogP contribution in [0.3, 0.4) is 0 Å². The van der Waals surface area contributed by atoms with Gasteiger partial charge in [-0.05, 0) is 17.7 Å². The van der Waals surface area contributed by atoms with Gasteiger partial charge in [0.2, 0.25) is 0 Å². The maximum Gasteiger partial charge on any atom is 0.308 e. The number of carbonyl (C=O) groups excluding carboxylic acids is 1. The zero-order chi connectivity index (χ0) is 13.1. The van der Waals surface area contributed by atoms with Gasteiger partial charge in [-0.25, -0.2) is 0 Å². The van der Waals surface area contributed by atoms with Crippen LogP contribution in [0.2, 0.25) is 0 Å². The number of benzene rings is 1. The van der Waals surface area contributed by atoms with E-state index in [0.717, 1.165) is 5.56 Å². The van der Waals surface area contributed by atoms with Gasteiger partial charge in [0.25, 0.3) is 0 Å². The predicted molar refractivity (Wildman–Crippen MR) is 65.5 cm³/mol. The highest BCUT2D eigenvalue weighted by atomic mass is 16.5. The average molecular weight is 237 g/mol. The molecule has 0 heterocycles. The first-order valence-electron chi connectivity index (χ1n) is 5.51. The molecule has 0 unspecified atom stereocenters. The van der Waals surface area contributed by atoms with E-state index in [-0.39, 0.29) is 24.0 Å². The molecule has 4 nitrogen and oxygen atoms in total. The number of hydrogen-bond donors (Lipinski definition) is 2.